The summed E-state index contributed by atoms with van der Waals surface area (Å²) in [6, 6.07) is 10.6. The van der Waals surface area contributed by atoms with Gasteiger partial charge < -0.3 is 4.43 Å². The zero-order valence-electron chi connectivity index (χ0n) is 12.6. The van der Waals surface area contributed by atoms with Crippen molar-refractivity contribution in [1.29, 1.82) is 0 Å². The molecule has 0 bridgehead atoms. The highest BCUT2D eigenvalue weighted by Gasteiger charge is 2.18. The van der Waals surface area contributed by atoms with Gasteiger partial charge in [-0.3, -0.25) is 0 Å². The molecule has 0 saturated carbocycles. The Bertz CT molecular complexity index is 399. The average Bonchev–Trinajstić information content (AvgIpc) is 2.24. The third-order valence-corrected chi connectivity index (χ3v) is 3.54. The SMILES string of the molecule is C/C(O[Si](C)(C)C)=C(/CC(C)C)c1ccccc1. The average molecular weight is 262 g/mol. The zero-order valence-corrected chi connectivity index (χ0v) is 13.6. The Morgan fingerprint density at radius 1 is 1.11 bits per heavy atom. The highest BCUT2D eigenvalue weighted by Crippen LogP contribution is 2.28. The molecule has 0 atom stereocenters. The van der Waals surface area contributed by atoms with Gasteiger partial charge in [-0.2, -0.15) is 0 Å². The van der Waals surface area contributed by atoms with Crippen molar-refractivity contribution in [1.82, 2.24) is 0 Å². The van der Waals surface area contributed by atoms with Crippen molar-refractivity contribution in [2.24, 2.45) is 5.92 Å². The Hall–Kier alpha value is -1.02. The van der Waals surface area contributed by atoms with Gasteiger partial charge in [0.1, 0.15) is 0 Å². The second kappa shape index (κ2) is 6.23. The highest BCUT2D eigenvalue weighted by atomic mass is 28.4. The number of hydrogen-bond donors (Lipinski definition) is 0. The fourth-order valence-electron chi connectivity index (χ4n) is 2.03. The van der Waals surface area contributed by atoms with E-state index in [2.05, 4.69) is 70.7 Å². The van der Waals surface area contributed by atoms with E-state index in [0.29, 0.717) is 5.92 Å². The van der Waals surface area contributed by atoms with Crippen LogP contribution in [0.15, 0.2) is 36.1 Å². The van der Waals surface area contributed by atoms with Gasteiger partial charge in [-0.15, -0.1) is 0 Å². The Balaban J connectivity index is 3.08. The van der Waals surface area contributed by atoms with E-state index in [1.807, 2.05) is 0 Å². The zero-order chi connectivity index (χ0) is 13.8. The molecule has 0 aromatic heterocycles. The van der Waals surface area contributed by atoms with Crippen LogP contribution in [0.1, 0.15) is 32.8 Å². The van der Waals surface area contributed by atoms with E-state index >= 15 is 0 Å². The second-order valence-corrected chi connectivity index (χ2v) is 10.6. The fourth-order valence-corrected chi connectivity index (χ4v) is 3.08. The number of rotatable bonds is 5. The third kappa shape index (κ3) is 5.09. The quantitative estimate of drug-likeness (QED) is 0.516. The van der Waals surface area contributed by atoms with Gasteiger partial charge in [0.2, 0.25) is 8.32 Å². The van der Waals surface area contributed by atoms with Crippen LogP contribution in [-0.4, -0.2) is 8.32 Å². The molecule has 0 aliphatic heterocycles. The lowest BCUT2D eigenvalue weighted by molar-refractivity contribution is 0.423. The van der Waals surface area contributed by atoms with Crippen molar-refractivity contribution in [3.05, 3.63) is 41.7 Å². The maximum Gasteiger partial charge on any atom is 0.241 e. The van der Waals surface area contributed by atoms with E-state index in [1.165, 1.54) is 11.1 Å². The summed E-state index contributed by atoms with van der Waals surface area (Å²) >= 11 is 0. The fraction of sp³-hybridized carbons (Fsp3) is 0.500. The summed E-state index contributed by atoms with van der Waals surface area (Å²) < 4.78 is 6.17. The highest BCUT2D eigenvalue weighted by molar-refractivity contribution is 6.70. The summed E-state index contributed by atoms with van der Waals surface area (Å²) in [5, 5.41) is 0. The van der Waals surface area contributed by atoms with E-state index in [0.717, 1.165) is 12.2 Å². The Morgan fingerprint density at radius 2 is 1.67 bits per heavy atom. The Kier molecular flexibility index (Phi) is 5.21. The third-order valence-electron chi connectivity index (χ3n) is 2.62. The van der Waals surface area contributed by atoms with Crippen molar-refractivity contribution in [2.45, 2.75) is 46.8 Å². The van der Waals surface area contributed by atoms with Crippen molar-refractivity contribution < 1.29 is 4.43 Å². The first-order valence-electron chi connectivity index (χ1n) is 6.74. The van der Waals surface area contributed by atoms with Crippen LogP contribution in [0, 0.1) is 5.92 Å². The molecule has 0 aliphatic rings. The van der Waals surface area contributed by atoms with E-state index in [4.69, 9.17) is 4.43 Å². The van der Waals surface area contributed by atoms with Crippen LogP contribution in [0.5, 0.6) is 0 Å². The van der Waals surface area contributed by atoms with Crippen LogP contribution in [0.25, 0.3) is 5.57 Å². The standard InChI is InChI=1S/C16H26OSi/c1-13(2)12-16(14(3)17-18(4,5)6)15-10-8-7-9-11-15/h7-11,13H,12H2,1-6H3/b16-14+. The van der Waals surface area contributed by atoms with Gasteiger partial charge >= 0.3 is 0 Å². The predicted molar refractivity (Wildman–Crippen MR) is 82.9 cm³/mol. The molecule has 1 rings (SSSR count). The van der Waals surface area contributed by atoms with Gasteiger partial charge in [0, 0.05) is 0 Å². The van der Waals surface area contributed by atoms with E-state index in [-0.39, 0.29) is 0 Å². The molecule has 2 heteroatoms. The summed E-state index contributed by atoms with van der Waals surface area (Å²) in [4.78, 5) is 0. The molecule has 0 amide bonds. The van der Waals surface area contributed by atoms with Gasteiger partial charge in [0.25, 0.3) is 0 Å². The Labute approximate surface area is 113 Å². The van der Waals surface area contributed by atoms with Gasteiger partial charge in [-0.25, -0.2) is 0 Å². The minimum atomic E-state index is -1.52. The second-order valence-electron chi connectivity index (χ2n) is 6.21. The lowest BCUT2D eigenvalue weighted by atomic mass is 9.95. The molecule has 0 radical (unpaired) electrons. The molecular weight excluding hydrogens is 236 g/mol. The molecule has 0 spiro atoms. The molecular formula is C16H26OSi. The van der Waals surface area contributed by atoms with Gasteiger partial charge in [-0.1, -0.05) is 44.2 Å². The molecule has 18 heavy (non-hydrogen) atoms. The molecule has 1 nitrogen and oxygen atoms in total. The molecule has 1 aromatic rings. The molecule has 0 aliphatic carbocycles. The molecule has 0 unspecified atom stereocenters. The molecule has 0 saturated heterocycles. The maximum atomic E-state index is 6.17. The van der Waals surface area contributed by atoms with Crippen molar-refractivity contribution in [3.8, 4) is 0 Å². The van der Waals surface area contributed by atoms with Crippen LogP contribution in [0.2, 0.25) is 19.6 Å². The topological polar surface area (TPSA) is 9.23 Å². The van der Waals surface area contributed by atoms with Crippen molar-refractivity contribution >= 4 is 13.9 Å². The van der Waals surface area contributed by atoms with Crippen LogP contribution < -0.4 is 0 Å². The molecule has 1 aromatic carbocycles. The first-order chi connectivity index (χ1) is 8.29. The lowest BCUT2D eigenvalue weighted by Gasteiger charge is -2.23. The van der Waals surface area contributed by atoms with Crippen molar-refractivity contribution in [3.63, 3.8) is 0 Å². The minimum Gasteiger partial charge on any atom is -0.547 e. The number of benzene rings is 1. The minimum absolute atomic E-state index is 0.639. The maximum absolute atomic E-state index is 6.17. The van der Waals surface area contributed by atoms with E-state index in [9.17, 15) is 0 Å². The molecule has 0 heterocycles. The lowest BCUT2D eigenvalue weighted by Crippen LogP contribution is -2.24. The predicted octanol–water partition coefficient (Wildman–Crippen LogP) is 5.32. The monoisotopic (exact) mass is 262 g/mol. The summed E-state index contributed by atoms with van der Waals surface area (Å²) in [6.45, 7) is 13.3. The summed E-state index contributed by atoms with van der Waals surface area (Å²) in [5.74, 6) is 1.74. The van der Waals surface area contributed by atoms with Crippen molar-refractivity contribution in [2.75, 3.05) is 0 Å². The molecule has 0 fully saturated rings. The smallest absolute Gasteiger partial charge is 0.241 e. The van der Waals surface area contributed by atoms with Crippen LogP contribution in [0.4, 0.5) is 0 Å². The molecule has 100 valence electrons. The first kappa shape index (κ1) is 15.0. The first-order valence-corrected chi connectivity index (χ1v) is 10.1. The molecule has 0 N–H and O–H groups in total. The Morgan fingerprint density at radius 3 is 2.11 bits per heavy atom. The van der Waals surface area contributed by atoms with Gasteiger partial charge in [-0.05, 0) is 50.0 Å². The van der Waals surface area contributed by atoms with Crippen LogP contribution in [0.3, 0.4) is 0 Å². The summed E-state index contributed by atoms with van der Waals surface area (Å²) in [7, 11) is -1.52. The van der Waals surface area contributed by atoms with Crippen LogP contribution in [-0.2, 0) is 4.43 Å². The number of allylic oxidation sites excluding steroid dienone is 2. The summed E-state index contributed by atoms with van der Waals surface area (Å²) in [5.41, 5.74) is 2.65. The van der Waals surface area contributed by atoms with E-state index < -0.39 is 8.32 Å². The van der Waals surface area contributed by atoms with Crippen LogP contribution >= 0.6 is 0 Å². The number of hydrogen-bond acceptors (Lipinski definition) is 1. The largest absolute Gasteiger partial charge is 0.547 e. The normalized spacial score (nSPS) is 13.5. The van der Waals surface area contributed by atoms with Gasteiger partial charge in [0.05, 0.1) is 5.76 Å². The van der Waals surface area contributed by atoms with Gasteiger partial charge in [0.15, 0.2) is 0 Å². The summed E-state index contributed by atoms with van der Waals surface area (Å²) in [6.07, 6.45) is 1.07. The van der Waals surface area contributed by atoms with E-state index in [1.54, 1.807) is 0 Å².